The Bertz CT molecular complexity index is 130. The van der Waals surface area contributed by atoms with Crippen molar-refractivity contribution in [3.63, 3.8) is 0 Å². The molecule has 0 unspecified atom stereocenters. The molecular weight excluding hydrogens is 158 g/mol. The average Bonchev–Trinajstić information content (AvgIpc) is 2.71. The van der Waals surface area contributed by atoms with Gasteiger partial charge in [-0.05, 0) is 24.7 Å². The lowest BCUT2D eigenvalue weighted by molar-refractivity contribution is 0.458. The van der Waals surface area contributed by atoms with Crippen LogP contribution in [0.5, 0.6) is 0 Å². The number of hydrogen-bond donors (Lipinski definition) is 1. The second kappa shape index (κ2) is 4.13. The van der Waals surface area contributed by atoms with E-state index in [9.17, 15) is 0 Å². The zero-order valence-corrected chi connectivity index (χ0v) is 7.66. The largest absolute Gasteiger partial charge is 0.313 e. The van der Waals surface area contributed by atoms with Gasteiger partial charge in [0.25, 0.3) is 0 Å². The molecule has 0 atom stereocenters. The van der Waals surface area contributed by atoms with E-state index in [0.717, 1.165) is 19.0 Å². The molecule has 1 aliphatic rings. The van der Waals surface area contributed by atoms with Gasteiger partial charge in [0.15, 0.2) is 0 Å². The summed E-state index contributed by atoms with van der Waals surface area (Å²) in [5.74, 6) is 0.801. The summed E-state index contributed by atoms with van der Waals surface area (Å²) in [4.78, 5) is 0. The van der Waals surface area contributed by atoms with Crippen molar-refractivity contribution in [2.45, 2.75) is 19.3 Å². The third-order valence-electron chi connectivity index (χ3n) is 2.37. The molecule has 1 fully saturated rings. The van der Waals surface area contributed by atoms with Crippen molar-refractivity contribution in [1.82, 2.24) is 5.32 Å². The highest BCUT2D eigenvalue weighted by molar-refractivity contribution is 6.17. The van der Waals surface area contributed by atoms with E-state index in [1.54, 1.807) is 0 Å². The average molecular weight is 174 g/mol. The Morgan fingerprint density at radius 2 is 2.27 bits per heavy atom. The standard InChI is InChI=1S/C9H16ClN/c1-2-7-11-8-9(3-4-9)5-6-10/h2,11H,1,3-8H2. The molecule has 0 aromatic carbocycles. The van der Waals surface area contributed by atoms with Crippen LogP contribution < -0.4 is 5.32 Å². The molecule has 0 spiro atoms. The van der Waals surface area contributed by atoms with Gasteiger partial charge in [0.05, 0.1) is 0 Å². The maximum atomic E-state index is 5.69. The molecule has 1 nitrogen and oxygen atoms in total. The molecule has 0 radical (unpaired) electrons. The van der Waals surface area contributed by atoms with Gasteiger partial charge in [-0.1, -0.05) is 6.08 Å². The molecule has 0 aromatic heterocycles. The van der Waals surface area contributed by atoms with Crippen LogP contribution in [0.4, 0.5) is 0 Å². The van der Waals surface area contributed by atoms with E-state index in [1.165, 1.54) is 19.3 Å². The van der Waals surface area contributed by atoms with Crippen LogP contribution in [0, 0.1) is 5.41 Å². The summed E-state index contributed by atoms with van der Waals surface area (Å²) < 4.78 is 0. The highest BCUT2D eigenvalue weighted by Gasteiger charge is 2.40. The summed E-state index contributed by atoms with van der Waals surface area (Å²) in [6.07, 6.45) is 5.77. The van der Waals surface area contributed by atoms with Gasteiger partial charge in [-0.2, -0.15) is 0 Å². The third-order valence-corrected chi connectivity index (χ3v) is 2.56. The lowest BCUT2D eigenvalue weighted by Crippen LogP contribution is -2.24. The van der Waals surface area contributed by atoms with Crippen LogP contribution in [-0.2, 0) is 0 Å². The minimum absolute atomic E-state index is 0.560. The molecule has 0 heterocycles. The monoisotopic (exact) mass is 173 g/mol. The van der Waals surface area contributed by atoms with Gasteiger partial charge in [-0.15, -0.1) is 18.2 Å². The van der Waals surface area contributed by atoms with E-state index in [2.05, 4.69) is 11.9 Å². The van der Waals surface area contributed by atoms with Gasteiger partial charge in [0.2, 0.25) is 0 Å². The molecule has 1 aliphatic carbocycles. The fourth-order valence-electron chi connectivity index (χ4n) is 1.33. The molecule has 1 N–H and O–H groups in total. The second-order valence-corrected chi connectivity index (χ2v) is 3.74. The predicted octanol–water partition coefficient (Wildman–Crippen LogP) is 2.17. The molecule has 11 heavy (non-hydrogen) atoms. The van der Waals surface area contributed by atoms with Crippen LogP contribution in [0.25, 0.3) is 0 Å². The normalized spacial score (nSPS) is 19.7. The highest BCUT2D eigenvalue weighted by Crippen LogP contribution is 2.48. The number of halogens is 1. The van der Waals surface area contributed by atoms with Crippen LogP contribution in [-0.4, -0.2) is 19.0 Å². The molecular formula is C9H16ClN. The summed E-state index contributed by atoms with van der Waals surface area (Å²) >= 11 is 5.69. The van der Waals surface area contributed by atoms with Gasteiger partial charge in [0.1, 0.15) is 0 Å². The van der Waals surface area contributed by atoms with Crippen LogP contribution in [0.1, 0.15) is 19.3 Å². The first-order chi connectivity index (χ1) is 5.33. The molecule has 1 rings (SSSR count). The summed E-state index contributed by atoms with van der Waals surface area (Å²) in [6.45, 7) is 5.70. The fourth-order valence-corrected chi connectivity index (χ4v) is 1.73. The summed E-state index contributed by atoms with van der Waals surface area (Å²) in [5.41, 5.74) is 0.560. The Balaban J connectivity index is 2.08. The zero-order valence-electron chi connectivity index (χ0n) is 6.91. The molecule has 0 saturated heterocycles. The lowest BCUT2D eigenvalue weighted by atomic mass is 10.0. The number of hydrogen-bond acceptors (Lipinski definition) is 1. The number of rotatable bonds is 6. The zero-order chi connectivity index (χ0) is 8.16. The van der Waals surface area contributed by atoms with E-state index in [4.69, 9.17) is 11.6 Å². The van der Waals surface area contributed by atoms with Crippen molar-refractivity contribution < 1.29 is 0 Å². The smallest absolute Gasteiger partial charge is 0.0229 e. The van der Waals surface area contributed by atoms with Gasteiger partial charge in [0, 0.05) is 19.0 Å². The maximum Gasteiger partial charge on any atom is 0.0229 e. The van der Waals surface area contributed by atoms with Gasteiger partial charge < -0.3 is 5.32 Å². The molecule has 0 aromatic rings. The first kappa shape index (κ1) is 9.08. The van der Waals surface area contributed by atoms with E-state index in [0.29, 0.717) is 5.41 Å². The van der Waals surface area contributed by atoms with Crippen LogP contribution in [0.3, 0.4) is 0 Å². The minimum atomic E-state index is 0.560. The van der Waals surface area contributed by atoms with E-state index in [1.807, 2.05) is 6.08 Å². The van der Waals surface area contributed by atoms with Crippen molar-refractivity contribution in [2.75, 3.05) is 19.0 Å². The van der Waals surface area contributed by atoms with E-state index >= 15 is 0 Å². The Hall–Kier alpha value is -0.0100. The van der Waals surface area contributed by atoms with Gasteiger partial charge in [-0.25, -0.2) is 0 Å². The molecule has 2 heteroatoms. The van der Waals surface area contributed by atoms with Gasteiger partial charge in [-0.3, -0.25) is 0 Å². The number of nitrogens with one attached hydrogen (secondary N) is 1. The van der Waals surface area contributed by atoms with Crippen molar-refractivity contribution >= 4 is 11.6 Å². The maximum absolute atomic E-state index is 5.69. The molecule has 64 valence electrons. The quantitative estimate of drug-likeness (QED) is 0.369. The predicted molar refractivity (Wildman–Crippen MR) is 50.1 cm³/mol. The number of alkyl halides is 1. The van der Waals surface area contributed by atoms with Crippen LogP contribution in [0.15, 0.2) is 12.7 Å². The topological polar surface area (TPSA) is 12.0 Å². The first-order valence-corrected chi connectivity index (χ1v) is 4.74. The Morgan fingerprint density at radius 1 is 1.55 bits per heavy atom. The van der Waals surface area contributed by atoms with E-state index in [-0.39, 0.29) is 0 Å². The van der Waals surface area contributed by atoms with Gasteiger partial charge >= 0.3 is 0 Å². The summed E-state index contributed by atoms with van der Waals surface area (Å²) in [5, 5.41) is 3.35. The van der Waals surface area contributed by atoms with Crippen molar-refractivity contribution in [2.24, 2.45) is 5.41 Å². The Labute approximate surface area is 73.8 Å². The molecule has 0 bridgehead atoms. The fraction of sp³-hybridized carbons (Fsp3) is 0.778. The van der Waals surface area contributed by atoms with Crippen molar-refractivity contribution in [1.29, 1.82) is 0 Å². The Morgan fingerprint density at radius 3 is 2.73 bits per heavy atom. The van der Waals surface area contributed by atoms with Crippen molar-refractivity contribution in [3.8, 4) is 0 Å². The molecule has 0 aliphatic heterocycles. The van der Waals surface area contributed by atoms with Crippen LogP contribution in [0.2, 0.25) is 0 Å². The SMILES string of the molecule is C=CCNCC1(CCCl)CC1. The summed E-state index contributed by atoms with van der Waals surface area (Å²) in [7, 11) is 0. The molecule has 0 amide bonds. The highest BCUT2D eigenvalue weighted by atomic mass is 35.5. The second-order valence-electron chi connectivity index (χ2n) is 3.36. The lowest BCUT2D eigenvalue weighted by Gasteiger charge is -2.12. The summed E-state index contributed by atoms with van der Waals surface area (Å²) in [6, 6.07) is 0. The molecule has 1 saturated carbocycles. The van der Waals surface area contributed by atoms with E-state index < -0.39 is 0 Å². The van der Waals surface area contributed by atoms with Crippen LogP contribution >= 0.6 is 11.6 Å². The Kier molecular flexibility index (Phi) is 3.41. The third kappa shape index (κ3) is 2.84. The first-order valence-electron chi connectivity index (χ1n) is 4.21. The minimum Gasteiger partial charge on any atom is -0.313 e. The van der Waals surface area contributed by atoms with Crippen molar-refractivity contribution in [3.05, 3.63) is 12.7 Å².